The minimum Gasteiger partial charge on any atom is -0.449 e. The van der Waals surface area contributed by atoms with E-state index in [9.17, 15) is 50.4 Å². The Kier molecular flexibility index (Phi) is 10.2. The summed E-state index contributed by atoms with van der Waals surface area (Å²) in [6.45, 7) is 0. The molecule has 17 heteroatoms. The van der Waals surface area contributed by atoms with E-state index in [2.05, 4.69) is 0 Å². The summed E-state index contributed by atoms with van der Waals surface area (Å²) in [7, 11) is -6.70. The van der Waals surface area contributed by atoms with Crippen molar-refractivity contribution in [3.8, 4) is 0 Å². The minimum absolute atomic E-state index is 0.415. The van der Waals surface area contributed by atoms with Gasteiger partial charge in [-0.1, -0.05) is 0 Å². The zero-order valence-electron chi connectivity index (χ0n) is 14.2. The van der Waals surface area contributed by atoms with Gasteiger partial charge in [-0.2, -0.15) is 0 Å². The molecule has 0 bridgehead atoms. The maximum atomic E-state index is 12.4. The van der Waals surface area contributed by atoms with Gasteiger partial charge in [-0.05, 0) is 0 Å². The minimum atomic E-state index is -3.86. The van der Waals surface area contributed by atoms with E-state index in [1.807, 2.05) is 0 Å². The Labute approximate surface area is 162 Å². The second-order valence-electron chi connectivity index (χ2n) is 5.91. The van der Waals surface area contributed by atoms with Crippen LogP contribution in [-0.2, 0) is 21.9 Å². The van der Waals surface area contributed by atoms with Crippen LogP contribution in [0.15, 0.2) is 0 Å². The Balaban J connectivity index is 3.21. The van der Waals surface area contributed by atoms with Crippen LogP contribution in [0.3, 0.4) is 0 Å². The Morgan fingerprint density at radius 3 is 1.44 bits per heavy atom. The molecule has 27 heavy (non-hydrogen) atoms. The zero-order chi connectivity index (χ0) is 20.9. The van der Waals surface area contributed by atoms with E-state index in [1.165, 1.54) is 0 Å². The molecule has 0 aromatic rings. The number of hydrogen-bond acceptors (Lipinski definition) is 13. The molecule has 158 valence electrons. The van der Waals surface area contributed by atoms with Gasteiger partial charge in [0.15, 0.2) is 10.8 Å². The first kappa shape index (κ1) is 24.8. The molecule has 1 aliphatic heterocycles. The van der Waals surface area contributed by atoms with Gasteiger partial charge in [0, 0.05) is 0 Å². The van der Waals surface area contributed by atoms with Crippen LogP contribution in [-0.4, -0.2) is 140 Å². The van der Waals surface area contributed by atoms with Gasteiger partial charge < -0.3 is 53.2 Å². The molecule has 13 nitrogen and oxygen atoms in total. The molecule has 0 aromatic heterocycles. The van der Waals surface area contributed by atoms with Gasteiger partial charge in [0.25, 0.3) is 20.0 Å². The fraction of sp³-hybridized carbons (Fsp3) is 0.800. The molecule has 8 atom stereocenters. The standard InChI is InChI=1S/C10H24O13Si4/c11-1-2(12)4(14)6(16)8(18)10(20)27(23-26-22-25-21-24)9(19)7(17)5(15)3(1)13/h1-8,11-18,27H,25-26H2,24H3. The van der Waals surface area contributed by atoms with Crippen molar-refractivity contribution in [1.29, 1.82) is 0 Å². The van der Waals surface area contributed by atoms with Crippen LogP contribution in [0.2, 0.25) is 0 Å². The van der Waals surface area contributed by atoms with Crippen molar-refractivity contribution >= 4 is 50.4 Å². The highest BCUT2D eigenvalue weighted by Crippen LogP contribution is 2.18. The van der Waals surface area contributed by atoms with Gasteiger partial charge in [-0.15, -0.1) is 0 Å². The number of aliphatic hydroxyl groups excluding tert-OH is 8. The van der Waals surface area contributed by atoms with Crippen molar-refractivity contribution in [2.45, 2.75) is 48.8 Å². The third-order valence-corrected chi connectivity index (χ3v) is 9.89. The molecule has 0 amide bonds. The van der Waals surface area contributed by atoms with Crippen molar-refractivity contribution in [2.75, 3.05) is 0 Å². The summed E-state index contributed by atoms with van der Waals surface area (Å²) in [4.78, 5) is 24.8. The van der Waals surface area contributed by atoms with E-state index < -0.39 is 88.7 Å². The normalized spacial score (nSPS) is 43.0. The lowest BCUT2D eigenvalue weighted by Gasteiger charge is -2.31. The summed E-state index contributed by atoms with van der Waals surface area (Å²) in [5, 5.41) is 76.2. The largest absolute Gasteiger partial charge is 0.449 e. The van der Waals surface area contributed by atoms with Gasteiger partial charge in [-0.25, -0.2) is 0 Å². The van der Waals surface area contributed by atoms with Gasteiger partial charge >= 0.3 is 9.04 Å². The highest BCUT2D eigenvalue weighted by Gasteiger charge is 2.49. The van der Waals surface area contributed by atoms with Gasteiger partial charge in [0.1, 0.15) is 59.3 Å². The van der Waals surface area contributed by atoms with Crippen molar-refractivity contribution < 1.29 is 62.8 Å². The maximum absolute atomic E-state index is 12.4. The van der Waals surface area contributed by atoms with Crippen LogP contribution in [0.25, 0.3) is 0 Å². The summed E-state index contributed by atoms with van der Waals surface area (Å²) in [6, 6.07) is 0. The van der Waals surface area contributed by atoms with E-state index in [0.29, 0.717) is 10.5 Å². The van der Waals surface area contributed by atoms with Gasteiger partial charge in [-0.3, -0.25) is 9.59 Å². The molecule has 0 aromatic carbocycles. The van der Waals surface area contributed by atoms with E-state index in [0.717, 1.165) is 0 Å². The zero-order valence-corrected chi connectivity index (χ0v) is 20.2. The fourth-order valence-corrected chi connectivity index (χ4v) is 9.21. The molecule has 0 spiro atoms. The summed E-state index contributed by atoms with van der Waals surface area (Å²) in [6.07, 6.45) is -18.7. The van der Waals surface area contributed by atoms with Crippen molar-refractivity contribution in [3.05, 3.63) is 0 Å². The van der Waals surface area contributed by atoms with Crippen LogP contribution < -0.4 is 0 Å². The van der Waals surface area contributed by atoms with Crippen molar-refractivity contribution in [2.24, 2.45) is 0 Å². The summed E-state index contributed by atoms with van der Waals surface area (Å²) < 4.78 is 15.1. The molecule has 8 unspecified atom stereocenters. The van der Waals surface area contributed by atoms with Crippen LogP contribution >= 0.6 is 0 Å². The molecule has 0 aliphatic carbocycles. The molecule has 0 radical (unpaired) electrons. The number of carbonyl (C=O) groups is 2. The summed E-state index contributed by atoms with van der Waals surface area (Å²) in [5.41, 5.74) is 0. The fourth-order valence-electron chi connectivity index (χ4n) is 2.37. The topological polar surface area (TPSA) is 224 Å². The van der Waals surface area contributed by atoms with E-state index in [1.54, 1.807) is 0 Å². The number of carbonyl (C=O) groups excluding carboxylic acids is 2. The van der Waals surface area contributed by atoms with Crippen LogP contribution in [0.5, 0.6) is 0 Å². The lowest BCUT2D eigenvalue weighted by atomic mass is 9.93. The lowest BCUT2D eigenvalue weighted by molar-refractivity contribution is -0.176. The summed E-state index contributed by atoms with van der Waals surface area (Å²) in [5.74, 6) is 0. The second-order valence-corrected chi connectivity index (χ2v) is 13.6. The molecule has 1 fully saturated rings. The molecule has 1 heterocycles. The predicted octanol–water partition coefficient (Wildman–Crippen LogP) is -9.84. The Bertz CT molecular complexity index is 473. The van der Waals surface area contributed by atoms with Gasteiger partial charge in [0.05, 0.1) is 0 Å². The monoisotopic (exact) mass is 464 g/mol. The first-order valence-electron chi connectivity index (χ1n) is 7.76. The highest BCUT2D eigenvalue weighted by atomic mass is 28.4. The first-order chi connectivity index (χ1) is 12.6. The van der Waals surface area contributed by atoms with Crippen LogP contribution in [0.4, 0.5) is 0 Å². The second kappa shape index (κ2) is 11.1. The van der Waals surface area contributed by atoms with Crippen LogP contribution in [0, 0.1) is 0 Å². The number of hydrogen-bond donors (Lipinski definition) is 8. The molecular weight excluding hydrogens is 440 g/mol. The Morgan fingerprint density at radius 2 is 1.07 bits per heavy atom. The third kappa shape index (κ3) is 5.88. The lowest BCUT2D eigenvalue weighted by Crippen LogP contribution is -2.56. The van der Waals surface area contributed by atoms with Crippen molar-refractivity contribution in [1.82, 2.24) is 0 Å². The predicted molar refractivity (Wildman–Crippen MR) is 95.5 cm³/mol. The maximum Gasteiger partial charge on any atom is 0.319 e. The van der Waals surface area contributed by atoms with E-state index in [-0.39, 0.29) is 0 Å². The third-order valence-electron chi connectivity index (χ3n) is 4.02. The quantitative estimate of drug-likeness (QED) is 0.140. The van der Waals surface area contributed by atoms with Crippen molar-refractivity contribution in [3.63, 3.8) is 0 Å². The molecular formula is C10H24O13Si4. The number of rotatable bonds is 5. The molecule has 0 saturated carbocycles. The smallest absolute Gasteiger partial charge is 0.319 e. The molecule has 1 aliphatic rings. The van der Waals surface area contributed by atoms with E-state index in [4.69, 9.17) is 12.3 Å². The van der Waals surface area contributed by atoms with Gasteiger partial charge in [0.2, 0.25) is 0 Å². The SMILES string of the molecule is O=C1C(O)C(O)C(O)C(O)C(O)C(O)C(O)C(O)C(=O)[SiH]1O[SiH2]O[SiH2]O[SiH3]. The number of aliphatic hydroxyl groups is 8. The molecule has 1 rings (SSSR count). The Hall–Kier alpha value is -0.232. The highest BCUT2D eigenvalue weighted by molar-refractivity contribution is 7.09. The molecule has 8 N–H and O–H groups in total. The average Bonchev–Trinajstić information content (AvgIpc) is 2.67. The Morgan fingerprint density at radius 1 is 0.704 bits per heavy atom. The average molecular weight is 465 g/mol. The summed E-state index contributed by atoms with van der Waals surface area (Å²) >= 11 is 0. The van der Waals surface area contributed by atoms with E-state index >= 15 is 0 Å². The molecule has 1 saturated heterocycles. The first-order valence-corrected chi connectivity index (χ1v) is 12.5. The van der Waals surface area contributed by atoms with Crippen LogP contribution in [0.1, 0.15) is 0 Å².